The van der Waals surface area contributed by atoms with Crippen molar-refractivity contribution in [3.05, 3.63) is 76.9 Å². The number of nitrogens with one attached hydrogen (secondary N) is 2. The molecule has 5 fully saturated rings. The number of pyridine rings is 1. The van der Waals surface area contributed by atoms with E-state index in [0.29, 0.717) is 35.4 Å². The van der Waals surface area contributed by atoms with Crippen LogP contribution in [0.2, 0.25) is 5.02 Å². The average Bonchev–Trinajstić information content (AvgIpc) is 3.54. The Morgan fingerprint density at radius 3 is 2.36 bits per heavy atom. The molecule has 6 heterocycles. The summed E-state index contributed by atoms with van der Waals surface area (Å²) < 4.78 is 0. The number of hydrogen-bond donors (Lipinski definition) is 2. The molecule has 56 heavy (non-hydrogen) atoms. The molecule has 5 saturated heterocycles. The number of carbonyl (C=O) groups is 3. The topological polar surface area (TPSA) is 128 Å². The predicted octanol–water partition coefficient (Wildman–Crippen LogP) is 5.38. The summed E-state index contributed by atoms with van der Waals surface area (Å²) in [5.74, 6) is 1.11. The van der Waals surface area contributed by atoms with E-state index in [0.717, 1.165) is 120 Å². The number of nitrogens with zero attached hydrogens (tertiary/aromatic N) is 7. The summed E-state index contributed by atoms with van der Waals surface area (Å²) >= 11 is 6.38. The summed E-state index contributed by atoms with van der Waals surface area (Å²) in [6, 6.07) is 20.1. The van der Waals surface area contributed by atoms with Gasteiger partial charge in [0.25, 0.3) is 5.91 Å². The van der Waals surface area contributed by atoms with Gasteiger partial charge in [0.1, 0.15) is 17.9 Å². The van der Waals surface area contributed by atoms with E-state index in [1.54, 1.807) is 6.20 Å². The molecule has 3 amide bonds. The minimum Gasteiger partial charge on any atom is -0.374 e. The fraction of sp³-hybridized carbons (Fsp3) is 0.512. The summed E-state index contributed by atoms with van der Waals surface area (Å²) in [6.45, 7) is 11.6. The van der Waals surface area contributed by atoms with Gasteiger partial charge >= 0.3 is 0 Å². The smallest absolute Gasteiger partial charge is 0.253 e. The van der Waals surface area contributed by atoms with Gasteiger partial charge < -0.3 is 24.9 Å². The van der Waals surface area contributed by atoms with E-state index in [2.05, 4.69) is 60.3 Å². The van der Waals surface area contributed by atoms with Crippen LogP contribution in [-0.2, 0) is 9.59 Å². The second-order valence-electron chi connectivity index (χ2n) is 16.6. The number of carbonyl (C=O) groups excluding carboxylic acids is 3. The average molecular weight is 778 g/mol. The van der Waals surface area contributed by atoms with Crippen molar-refractivity contribution in [2.45, 2.75) is 64.0 Å². The molecule has 2 aromatic carbocycles. The summed E-state index contributed by atoms with van der Waals surface area (Å²) in [7, 11) is 0. The van der Waals surface area contributed by atoms with Gasteiger partial charge in [-0.1, -0.05) is 11.6 Å². The number of amides is 3. The quantitative estimate of drug-likeness (QED) is 0.288. The third-order valence-corrected chi connectivity index (χ3v) is 13.2. The molecule has 5 aliphatic heterocycles. The molecule has 1 aromatic heterocycles. The molecule has 1 spiro atoms. The van der Waals surface area contributed by atoms with Crippen molar-refractivity contribution < 1.29 is 14.4 Å². The molecule has 13 heteroatoms. The van der Waals surface area contributed by atoms with Crippen molar-refractivity contribution in [3.8, 4) is 6.07 Å². The lowest BCUT2D eigenvalue weighted by molar-refractivity contribution is -0.133. The maximum atomic E-state index is 13.5. The van der Waals surface area contributed by atoms with Crippen molar-refractivity contribution in [1.82, 2.24) is 20.1 Å². The second kappa shape index (κ2) is 16.3. The number of benzene rings is 2. The minimum atomic E-state index is -0.417. The first-order valence-electron chi connectivity index (χ1n) is 20.3. The zero-order valence-electron chi connectivity index (χ0n) is 32.3. The molecular weight excluding hydrogens is 726 g/mol. The van der Waals surface area contributed by atoms with Crippen LogP contribution in [0.25, 0.3) is 0 Å². The van der Waals surface area contributed by atoms with Crippen molar-refractivity contribution in [2.75, 3.05) is 85.5 Å². The molecule has 0 radical (unpaired) electrons. The minimum absolute atomic E-state index is 0.131. The van der Waals surface area contributed by atoms with Crippen molar-refractivity contribution >= 4 is 52.2 Å². The fourth-order valence-electron chi connectivity index (χ4n) is 9.59. The van der Waals surface area contributed by atoms with E-state index in [1.807, 2.05) is 47.4 Å². The SMILES string of the molecule is C[C@@H]1CC2(CCN(c3ccc(C(=O)N4CCC(CN5CCN(c6cc(NC7CCC(=O)NC7=O)ccn6)CC5)CC4)cc3)CC2)CN1c1ccc(C#N)c(Cl)c1. The van der Waals surface area contributed by atoms with Gasteiger partial charge in [-0.3, -0.25) is 24.6 Å². The molecule has 0 saturated carbocycles. The maximum Gasteiger partial charge on any atom is 0.253 e. The molecule has 2 atom stereocenters. The molecule has 2 N–H and O–H groups in total. The number of piperidine rings is 3. The Morgan fingerprint density at radius 1 is 0.929 bits per heavy atom. The first-order valence-corrected chi connectivity index (χ1v) is 20.7. The molecular formula is C43H52ClN9O3. The van der Waals surface area contributed by atoms with Crippen LogP contribution in [0.3, 0.4) is 0 Å². The largest absolute Gasteiger partial charge is 0.374 e. The first kappa shape index (κ1) is 38.0. The highest BCUT2D eigenvalue weighted by atomic mass is 35.5. The number of piperazine rings is 1. The van der Waals surface area contributed by atoms with E-state index < -0.39 is 6.04 Å². The molecule has 3 aromatic rings. The van der Waals surface area contributed by atoms with Crippen LogP contribution >= 0.6 is 11.6 Å². The van der Waals surface area contributed by atoms with Gasteiger partial charge in [-0.2, -0.15) is 5.26 Å². The van der Waals surface area contributed by atoms with Crippen LogP contribution in [0.5, 0.6) is 0 Å². The summed E-state index contributed by atoms with van der Waals surface area (Å²) in [5, 5.41) is 15.5. The number of imide groups is 1. The Kier molecular flexibility index (Phi) is 11.1. The van der Waals surface area contributed by atoms with E-state index in [9.17, 15) is 19.6 Å². The maximum absolute atomic E-state index is 13.5. The number of likely N-dealkylation sites (tertiary alicyclic amines) is 1. The van der Waals surface area contributed by atoms with Gasteiger partial charge in [-0.25, -0.2) is 4.98 Å². The Bertz CT molecular complexity index is 1960. The van der Waals surface area contributed by atoms with Crippen LogP contribution in [0.15, 0.2) is 60.8 Å². The second-order valence-corrected chi connectivity index (χ2v) is 17.0. The van der Waals surface area contributed by atoms with Crippen molar-refractivity contribution in [1.29, 1.82) is 5.26 Å². The monoisotopic (exact) mass is 777 g/mol. The number of aromatic nitrogens is 1. The standard InChI is InChI=1S/C43H52ClN9O3/c1-30-26-43(29-53(30)36-7-4-33(27-45)37(44)25-36)13-18-50(19-14-43)35-5-2-32(3-6-35)42(56)52-16-11-31(12-17-52)28-49-20-22-51(23-21-49)39-24-34(10-15-46-39)47-38-8-9-40(54)48-41(38)55/h2-7,10,15,24-25,30-31,38H,8-9,11-14,16-23,26,28-29H2,1H3,(H,46,47)(H,48,54,55)/t30-,38?/m1/s1. The molecule has 294 valence electrons. The lowest BCUT2D eigenvalue weighted by Crippen LogP contribution is -2.49. The van der Waals surface area contributed by atoms with E-state index in [1.165, 1.54) is 5.69 Å². The Morgan fingerprint density at radius 2 is 1.66 bits per heavy atom. The highest BCUT2D eigenvalue weighted by Crippen LogP contribution is 2.46. The van der Waals surface area contributed by atoms with Gasteiger partial charge in [0.2, 0.25) is 11.8 Å². The van der Waals surface area contributed by atoms with Crippen LogP contribution in [0.1, 0.15) is 67.8 Å². The zero-order chi connectivity index (χ0) is 38.8. The Hall–Kier alpha value is -4.86. The number of halogens is 1. The van der Waals surface area contributed by atoms with Crippen molar-refractivity contribution in [3.63, 3.8) is 0 Å². The van der Waals surface area contributed by atoms with Gasteiger partial charge in [0, 0.05) is 113 Å². The highest BCUT2D eigenvalue weighted by Gasteiger charge is 2.44. The van der Waals surface area contributed by atoms with Crippen LogP contribution < -0.4 is 25.3 Å². The number of nitriles is 1. The number of anilines is 4. The molecule has 1 unspecified atom stereocenters. The normalized spacial score (nSPS) is 23.3. The summed E-state index contributed by atoms with van der Waals surface area (Å²) in [6.07, 6.45) is 8.04. The molecule has 8 rings (SSSR count). The van der Waals surface area contributed by atoms with Crippen molar-refractivity contribution in [2.24, 2.45) is 11.3 Å². The van der Waals surface area contributed by atoms with E-state index >= 15 is 0 Å². The molecule has 0 bridgehead atoms. The highest BCUT2D eigenvalue weighted by molar-refractivity contribution is 6.32. The molecule has 5 aliphatic rings. The zero-order valence-corrected chi connectivity index (χ0v) is 33.0. The van der Waals surface area contributed by atoms with Gasteiger partial charge in [-0.15, -0.1) is 0 Å². The number of rotatable bonds is 8. The van der Waals surface area contributed by atoms with Gasteiger partial charge in [0.15, 0.2) is 0 Å². The summed E-state index contributed by atoms with van der Waals surface area (Å²) in [4.78, 5) is 53.7. The third-order valence-electron chi connectivity index (χ3n) is 12.9. The number of hydrogen-bond acceptors (Lipinski definition) is 10. The van der Waals surface area contributed by atoms with Crippen LogP contribution in [-0.4, -0.2) is 110 Å². The lowest BCUT2D eigenvalue weighted by atomic mass is 9.76. The third kappa shape index (κ3) is 8.30. The fourth-order valence-corrected chi connectivity index (χ4v) is 9.81. The van der Waals surface area contributed by atoms with Gasteiger partial charge in [0.05, 0.1) is 10.6 Å². The first-order chi connectivity index (χ1) is 27.1. The Labute approximate surface area is 334 Å². The molecule has 0 aliphatic carbocycles. The van der Waals surface area contributed by atoms with E-state index in [4.69, 9.17) is 11.6 Å². The van der Waals surface area contributed by atoms with E-state index in [-0.39, 0.29) is 23.1 Å². The summed E-state index contributed by atoms with van der Waals surface area (Å²) in [5.41, 5.74) is 4.67. The lowest BCUT2D eigenvalue weighted by Gasteiger charge is -2.40. The molecule has 12 nitrogen and oxygen atoms in total. The predicted molar refractivity (Wildman–Crippen MR) is 219 cm³/mol. The Balaban J connectivity index is 0.762. The van der Waals surface area contributed by atoms with Crippen LogP contribution in [0.4, 0.5) is 22.9 Å². The van der Waals surface area contributed by atoms with Crippen LogP contribution in [0, 0.1) is 22.7 Å². The van der Waals surface area contributed by atoms with Gasteiger partial charge in [-0.05, 0) is 105 Å².